The molecule has 0 spiro atoms. The van der Waals surface area contributed by atoms with E-state index in [1.807, 2.05) is 18.3 Å². The van der Waals surface area contributed by atoms with Crippen LogP contribution in [0, 0.1) is 5.92 Å². The first-order valence-corrected chi connectivity index (χ1v) is 9.36. The van der Waals surface area contributed by atoms with Gasteiger partial charge in [0.05, 0.1) is 17.2 Å². The maximum atomic E-state index is 4.87. The van der Waals surface area contributed by atoms with E-state index in [0.29, 0.717) is 5.92 Å². The van der Waals surface area contributed by atoms with Gasteiger partial charge in [0.15, 0.2) is 0 Å². The molecule has 0 saturated carbocycles. The van der Waals surface area contributed by atoms with E-state index in [1.54, 1.807) is 0 Å². The van der Waals surface area contributed by atoms with Crippen LogP contribution in [0.2, 0.25) is 0 Å². The number of hydrogen-bond donors (Lipinski definition) is 1. The molecule has 0 saturated heterocycles. The Labute approximate surface area is 159 Å². The third-order valence-corrected chi connectivity index (χ3v) is 4.52. The normalized spacial score (nSPS) is 11.7. The minimum atomic E-state index is 0.533. The van der Waals surface area contributed by atoms with E-state index in [1.165, 1.54) is 11.1 Å². The molecule has 3 aromatic carbocycles. The third kappa shape index (κ3) is 3.68. The molecule has 0 amide bonds. The van der Waals surface area contributed by atoms with Gasteiger partial charge in [0.25, 0.3) is 0 Å². The van der Waals surface area contributed by atoms with E-state index in [4.69, 9.17) is 4.98 Å². The van der Waals surface area contributed by atoms with Crippen LogP contribution >= 0.6 is 0 Å². The standard InChI is InChI=1S/C24H23N3/c1-17(2)15-25-16-22-26-23-20(18-9-5-3-6-10-18)13-14-21(24(23)27-22)19-11-7-4-8-12-19/h3-14,16-17H,15H2,1-2H3,(H,26,27). The lowest BCUT2D eigenvalue weighted by Crippen LogP contribution is -1.93. The Morgan fingerprint density at radius 2 is 1.44 bits per heavy atom. The first-order valence-electron chi connectivity index (χ1n) is 9.36. The maximum Gasteiger partial charge on any atom is 0.149 e. The SMILES string of the molecule is CC(C)CN=Cc1nc2c(-c3ccccc3)ccc(-c3ccccc3)c2[nH]1. The van der Waals surface area contributed by atoms with Crippen LogP contribution in [0.15, 0.2) is 77.8 Å². The van der Waals surface area contributed by atoms with Gasteiger partial charge in [-0.1, -0.05) is 86.6 Å². The Hall–Kier alpha value is -3.20. The largest absolute Gasteiger partial charge is 0.337 e. The monoisotopic (exact) mass is 353 g/mol. The minimum absolute atomic E-state index is 0.533. The zero-order valence-corrected chi connectivity index (χ0v) is 15.7. The fraction of sp³-hybridized carbons (Fsp3) is 0.167. The van der Waals surface area contributed by atoms with Crippen LogP contribution in [-0.4, -0.2) is 22.7 Å². The van der Waals surface area contributed by atoms with Crippen LogP contribution in [0.5, 0.6) is 0 Å². The van der Waals surface area contributed by atoms with E-state index < -0.39 is 0 Å². The van der Waals surface area contributed by atoms with Gasteiger partial charge in [-0.05, 0) is 17.0 Å². The predicted octanol–water partition coefficient (Wildman–Crippen LogP) is 5.97. The lowest BCUT2D eigenvalue weighted by Gasteiger charge is -2.07. The molecular weight excluding hydrogens is 330 g/mol. The molecule has 3 nitrogen and oxygen atoms in total. The van der Waals surface area contributed by atoms with Crippen LogP contribution in [-0.2, 0) is 0 Å². The van der Waals surface area contributed by atoms with Gasteiger partial charge in [0.1, 0.15) is 5.82 Å². The van der Waals surface area contributed by atoms with Crippen LogP contribution < -0.4 is 0 Å². The zero-order chi connectivity index (χ0) is 18.6. The summed E-state index contributed by atoms with van der Waals surface area (Å²) in [6, 6.07) is 25.2. The summed E-state index contributed by atoms with van der Waals surface area (Å²) in [5, 5.41) is 0. The van der Waals surface area contributed by atoms with Crippen LogP contribution in [0.3, 0.4) is 0 Å². The second kappa shape index (κ2) is 7.58. The van der Waals surface area contributed by atoms with Gasteiger partial charge in [0, 0.05) is 17.7 Å². The molecule has 4 rings (SSSR count). The van der Waals surface area contributed by atoms with Crippen molar-refractivity contribution in [2.45, 2.75) is 13.8 Å². The highest BCUT2D eigenvalue weighted by molar-refractivity contribution is 6.02. The van der Waals surface area contributed by atoms with E-state index in [0.717, 1.165) is 34.5 Å². The van der Waals surface area contributed by atoms with Crippen molar-refractivity contribution in [2.75, 3.05) is 6.54 Å². The number of nitrogens with zero attached hydrogens (tertiary/aromatic N) is 2. The van der Waals surface area contributed by atoms with Crippen molar-refractivity contribution in [2.24, 2.45) is 10.9 Å². The fourth-order valence-corrected chi connectivity index (χ4v) is 3.23. The van der Waals surface area contributed by atoms with Gasteiger partial charge in [-0.3, -0.25) is 4.99 Å². The molecule has 1 N–H and O–H groups in total. The molecule has 0 fully saturated rings. The number of aliphatic imine (C=N–C) groups is 1. The quantitative estimate of drug-likeness (QED) is 0.441. The molecular formula is C24H23N3. The fourth-order valence-electron chi connectivity index (χ4n) is 3.23. The van der Waals surface area contributed by atoms with E-state index >= 15 is 0 Å². The van der Waals surface area contributed by atoms with Crippen molar-refractivity contribution < 1.29 is 0 Å². The zero-order valence-electron chi connectivity index (χ0n) is 15.7. The molecule has 0 aliphatic heterocycles. The highest BCUT2D eigenvalue weighted by atomic mass is 14.9. The number of rotatable bonds is 5. The van der Waals surface area contributed by atoms with E-state index in [9.17, 15) is 0 Å². The summed E-state index contributed by atoms with van der Waals surface area (Å²) in [5.74, 6) is 1.33. The Bertz CT molecular complexity index is 984. The van der Waals surface area contributed by atoms with Gasteiger partial charge in [-0.15, -0.1) is 0 Å². The number of imidazole rings is 1. The summed E-state index contributed by atoms with van der Waals surface area (Å²) in [5.41, 5.74) is 6.66. The number of aromatic nitrogens is 2. The number of H-pyrrole nitrogens is 1. The second-order valence-electron chi connectivity index (χ2n) is 7.13. The van der Waals surface area contributed by atoms with Crippen molar-refractivity contribution >= 4 is 17.2 Å². The third-order valence-electron chi connectivity index (χ3n) is 4.52. The maximum absolute atomic E-state index is 4.87. The minimum Gasteiger partial charge on any atom is -0.337 e. The summed E-state index contributed by atoms with van der Waals surface area (Å²) >= 11 is 0. The molecule has 4 aromatic rings. The molecule has 134 valence electrons. The molecule has 0 atom stereocenters. The summed E-state index contributed by atoms with van der Waals surface area (Å²) in [6.07, 6.45) is 1.85. The molecule has 3 heteroatoms. The van der Waals surface area contributed by atoms with Crippen LogP contribution in [0.4, 0.5) is 0 Å². The molecule has 0 bridgehead atoms. The molecule has 0 aliphatic rings. The first kappa shape index (κ1) is 17.2. The van der Waals surface area contributed by atoms with Crippen molar-refractivity contribution in [1.29, 1.82) is 0 Å². The number of aromatic amines is 1. The van der Waals surface area contributed by atoms with E-state index in [2.05, 4.69) is 84.5 Å². The summed E-state index contributed by atoms with van der Waals surface area (Å²) < 4.78 is 0. The van der Waals surface area contributed by atoms with Crippen molar-refractivity contribution in [3.05, 3.63) is 78.6 Å². The average molecular weight is 353 g/mol. The summed E-state index contributed by atoms with van der Waals surface area (Å²) in [4.78, 5) is 12.9. The van der Waals surface area contributed by atoms with Gasteiger partial charge in [0.2, 0.25) is 0 Å². The van der Waals surface area contributed by atoms with Crippen molar-refractivity contribution in [3.63, 3.8) is 0 Å². The average Bonchev–Trinajstić information content (AvgIpc) is 3.12. The Kier molecular flexibility index (Phi) is 4.84. The van der Waals surface area contributed by atoms with Gasteiger partial charge >= 0.3 is 0 Å². The molecule has 27 heavy (non-hydrogen) atoms. The Morgan fingerprint density at radius 1 is 0.852 bits per heavy atom. The second-order valence-corrected chi connectivity index (χ2v) is 7.13. The molecule has 1 aromatic heterocycles. The highest BCUT2D eigenvalue weighted by Gasteiger charge is 2.13. The van der Waals surface area contributed by atoms with Gasteiger partial charge in [-0.2, -0.15) is 0 Å². The number of benzene rings is 3. The topological polar surface area (TPSA) is 41.0 Å². The number of hydrogen-bond acceptors (Lipinski definition) is 2. The molecule has 1 heterocycles. The van der Waals surface area contributed by atoms with E-state index in [-0.39, 0.29) is 0 Å². The van der Waals surface area contributed by atoms with Gasteiger partial charge < -0.3 is 4.98 Å². The highest BCUT2D eigenvalue weighted by Crippen LogP contribution is 2.34. The van der Waals surface area contributed by atoms with Crippen molar-refractivity contribution in [3.8, 4) is 22.3 Å². The van der Waals surface area contributed by atoms with Crippen LogP contribution in [0.1, 0.15) is 19.7 Å². The van der Waals surface area contributed by atoms with Gasteiger partial charge in [-0.25, -0.2) is 4.98 Å². The summed E-state index contributed by atoms with van der Waals surface area (Å²) in [7, 11) is 0. The number of nitrogens with one attached hydrogen (secondary N) is 1. The molecule has 0 unspecified atom stereocenters. The Balaban J connectivity index is 1.88. The Morgan fingerprint density at radius 3 is 2.07 bits per heavy atom. The van der Waals surface area contributed by atoms with Crippen molar-refractivity contribution in [1.82, 2.24) is 9.97 Å². The molecule has 0 aliphatic carbocycles. The smallest absolute Gasteiger partial charge is 0.149 e. The summed E-state index contributed by atoms with van der Waals surface area (Å²) in [6.45, 7) is 5.13. The lowest BCUT2D eigenvalue weighted by atomic mass is 9.98. The lowest BCUT2D eigenvalue weighted by molar-refractivity contribution is 0.667. The predicted molar refractivity (Wildman–Crippen MR) is 114 cm³/mol. The number of fused-ring (bicyclic) bond motifs is 1. The first-order chi connectivity index (χ1) is 13.2. The van der Waals surface area contributed by atoms with Crippen LogP contribution in [0.25, 0.3) is 33.3 Å². The molecule has 0 radical (unpaired) electrons.